The van der Waals surface area contributed by atoms with Gasteiger partial charge in [-0.15, -0.1) is 0 Å². The lowest BCUT2D eigenvalue weighted by molar-refractivity contribution is 0.386. The quantitative estimate of drug-likeness (QED) is 0.281. The van der Waals surface area contributed by atoms with Gasteiger partial charge in [0.25, 0.3) is 10.0 Å². The van der Waals surface area contributed by atoms with Crippen LogP contribution in [0.2, 0.25) is 0 Å². The van der Waals surface area contributed by atoms with Gasteiger partial charge in [0.05, 0.1) is 26.5 Å². The van der Waals surface area contributed by atoms with Gasteiger partial charge in [-0.25, -0.2) is 30.4 Å². The van der Waals surface area contributed by atoms with Gasteiger partial charge in [0.2, 0.25) is 0 Å². The molecule has 0 aromatic heterocycles. The van der Waals surface area contributed by atoms with E-state index in [1.807, 2.05) is 0 Å². The molecule has 5 nitrogen and oxygen atoms in total. The highest BCUT2D eigenvalue weighted by molar-refractivity contribution is 7.92. The van der Waals surface area contributed by atoms with Crippen molar-refractivity contribution in [2.24, 2.45) is 0 Å². The first-order valence-electron chi connectivity index (χ1n) is 8.92. The normalized spacial score (nSPS) is 11.3. The van der Waals surface area contributed by atoms with E-state index in [9.17, 15) is 30.4 Å². The van der Waals surface area contributed by atoms with Crippen LogP contribution in [-0.4, -0.2) is 22.6 Å². The van der Waals surface area contributed by atoms with Crippen LogP contribution in [0.3, 0.4) is 0 Å². The summed E-state index contributed by atoms with van der Waals surface area (Å²) in [6, 6.07) is 9.14. The number of halogens is 5. The fraction of sp³-hybridized carbons (Fsp3) is 0.143. The van der Waals surface area contributed by atoms with E-state index in [2.05, 4.69) is 0 Å². The number of hydrogen-bond acceptors (Lipinski definition) is 4. The van der Waals surface area contributed by atoms with Gasteiger partial charge in [-0.3, -0.25) is 4.31 Å². The molecule has 0 aliphatic rings. The molecule has 0 saturated heterocycles. The number of rotatable bonds is 7. The van der Waals surface area contributed by atoms with Crippen molar-refractivity contribution in [3.63, 3.8) is 0 Å². The summed E-state index contributed by atoms with van der Waals surface area (Å²) in [6.07, 6.45) is 0. The molecule has 32 heavy (non-hydrogen) atoms. The fourth-order valence-corrected chi connectivity index (χ4v) is 4.40. The Morgan fingerprint density at radius 1 is 0.781 bits per heavy atom. The van der Waals surface area contributed by atoms with Crippen LogP contribution in [-0.2, 0) is 16.6 Å². The lowest BCUT2D eigenvalue weighted by Crippen LogP contribution is -2.32. The lowest BCUT2D eigenvalue weighted by Gasteiger charge is -2.25. The van der Waals surface area contributed by atoms with Gasteiger partial charge in [-0.05, 0) is 29.8 Å². The molecule has 0 bridgehead atoms. The van der Waals surface area contributed by atoms with Crippen LogP contribution in [0, 0.1) is 29.1 Å². The molecule has 11 heteroatoms. The lowest BCUT2D eigenvalue weighted by atomic mass is 10.2. The van der Waals surface area contributed by atoms with Crippen molar-refractivity contribution in [2.75, 3.05) is 18.5 Å². The molecule has 3 rings (SSSR count). The maximum Gasteiger partial charge on any atom is 0.267 e. The van der Waals surface area contributed by atoms with E-state index in [1.165, 1.54) is 38.5 Å². The Morgan fingerprint density at radius 2 is 1.44 bits per heavy atom. The molecule has 0 amide bonds. The minimum atomic E-state index is -5.02. The highest BCUT2D eigenvalue weighted by Gasteiger charge is 2.33. The third-order valence-electron chi connectivity index (χ3n) is 4.55. The highest BCUT2D eigenvalue weighted by atomic mass is 32.2. The van der Waals surface area contributed by atoms with Crippen LogP contribution in [0.4, 0.5) is 27.6 Å². The van der Waals surface area contributed by atoms with Crippen LogP contribution in [0.25, 0.3) is 0 Å². The average Bonchev–Trinajstić information content (AvgIpc) is 2.78. The first-order valence-corrected chi connectivity index (χ1v) is 10.4. The van der Waals surface area contributed by atoms with Crippen molar-refractivity contribution < 1.29 is 39.8 Å². The molecule has 0 heterocycles. The second-order valence-electron chi connectivity index (χ2n) is 6.48. The molecular formula is C21H16F5NO4S. The summed E-state index contributed by atoms with van der Waals surface area (Å²) < 4.78 is 106. The van der Waals surface area contributed by atoms with E-state index in [1.54, 1.807) is 0 Å². The average molecular weight is 473 g/mol. The zero-order chi connectivity index (χ0) is 23.6. The Morgan fingerprint density at radius 3 is 2.00 bits per heavy atom. The number of benzene rings is 3. The van der Waals surface area contributed by atoms with Crippen molar-refractivity contribution in [2.45, 2.75) is 11.4 Å². The van der Waals surface area contributed by atoms with Crippen LogP contribution in [0.15, 0.2) is 53.4 Å². The van der Waals surface area contributed by atoms with E-state index < -0.39 is 50.5 Å². The molecule has 0 aliphatic heterocycles. The largest absolute Gasteiger partial charge is 0.497 e. The molecule has 0 N–H and O–H groups in total. The van der Waals surface area contributed by atoms with Crippen LogP contribution in [0.1, 0.15) is 5.56 Å². The van der Waals surface area contributed by atoms with Crippen LogP contribution < -0.4 is 13.8 Å². The predicted octanol–water partition coefficient (Wildman–Crippen LogP) is 4.79. The summed E-state index contributed by atoms with van der Waals surface area (Å²) >= 11 is 0. The van der Waals surface area contributed by atoms with Gasteiger partial charge in [-0.1, -0.05) is 12.1 Å². The number of anilines is 1. The van der Waals surface area contributed by atoms with Gasteiger partial charge in [-0.2, -0.15) is 0 Å². The molecule has 0 atom stereocenters. The maximum atomic E-state index is 14.4. The molecule has 0 spiro atoms. The smallest absolute Gasteiger partial charge is 0.267 e. The summed E-state index contributed by atoms with van der Waals surface area (Å²) in [5.74, 6) is -9.09. The number of hydrogen-bond donors (Lipinski definition) is 0. The Bertz CT molecular complexity index is 1250. The number of sulfonamides is 1. The predicted molar refractivity (Wildman–Crippen MR) is 106 cm³/mol. The number of ether oxygens (including phenoxy) is 2. The fourth-order valence-electron chi connectivity index (χ4n) is 2.88. The zero-order valence-electron chi connectivity index (χ0n) is 16.7. The van der Waals surface area contributed by atoms with E-state index in [0.717, 1.165) is 18.2 Å². The number of nitrogens with zero attached hydrogens (tertiary/aromatic N) is 1. The third-order valence-corrected chi connectivity index (χ3v) is 6.32. The minimum absolute atomic E-state index is 0.0317. The third kappa shape index (κ3) is 4.33. The van der Waals surface area contributed by atoms with E-state index in [4.69, 9.17) is 9.47 Å². The van der Waals surface area contributed by atoms with Crippen molar-refractivity contribution in [3.8, 4) is 11.5 Å². The first kappa shape index (κ1) is 23.3. The Kier molecular flexibility index (Phi) is 6.58. The van der Waals surface area contributed by atoms with E-state index in [0.29, 0.717) is 15.6 Å². The molecule has 3 aromatic carbocycles. The molecule has 0 saturated carbocycles. The van der Waals surface area contributed by atoms with Gasteiger partial charge in [0, 0.05) is 12.1 Å². The molecule has 0 unspecified atom stereocenters. The SMILES string of the molecule is COc1ccc(CN(c2ccc(OC)c(F)c2)S(=O)(=O)c2cc(F)c(F)c(F)c2F)cc1. The Hall–Kier alpha value is -3.34. The second-order valence-corrected chi connectivity index (χ2v) is 8.31. The maximum absolute atomic E-state index is 14.4. The van der Waals surface area contributed by atoms with Gasteiger partial charge in [0.1, 0.15) is 10.6 Å². The van der Waals surface area contributed by atoms with Crippen molar-refractivity contribution in [1.82, 2.24) is 0 Å². The van der Waals surface area contributed by atoms with Crippen LogP contribution in [0.5, 0.6) is 11.5 Å². The topological polar surface area (TPSA) is 55.8 Å². The van der Waals surface area contributed by atoms with Crippen LogP contribution >= 0.6 is 0 Å². The molecular weight excluding hydrogens is 457 g/mol. The highest BCUT2D eigenvalue weighted by Crippen LogP contribution is 2.32. The summed E-state index contributed by atoms with van der Waals surface area (Å²) in [6.45, 7) is -0.474. The van der Waals surface area contributed by atoms with Gasteiger partial charge >= 0.3 is 0 Å². The molecule has 0 radical (unpaired) electrons. The Labute approximate surface area is 180 Å². The van der Waals surface area contributed by atoms with Crippen molar-refractivity contribution >= 4 is 15.7 Å². The number of methoxy groups -OCH3 is 2. The molecule has 0 fully saturated rings. The zero-order valence-corrected chi connectivity index (χ0v) is 17.5. The van der Waals surface area contributed by atoms with Crippen molar-refractivity contribution in [3.05, 3.63) is 83.2 Å². The van der Waals surface area contributed by atoms with E-state index in [-0.39, 0.29) is 17.5 Å². The minimum Gasteiger partial charge on any atom is -0.497 e. The summed E-state index contributed by atoms with van der Waals surface area (Å²) in [4.78, 5) is -1.45. The van der Waals surface area contributed by atoms with E-state index >= 15 is 0 Å². The first-order chi connectivity index (χ1) is 15.1. The molecule has 3 aromatic rings. The summed E-state index contributed by atoms with van der Waals surface area (Å²) in [7, 11) is -2.40. The second kappa shape index (κ2) is 9.03. The molecule has 170 valence electrons. The monoisotopic (exact) mass is 473 g/mol. The summed E-state index contributed by atoms with van der Waals surface area (Å²) in [5.41, 5.74) is 0.0673. The standard InChI is InChI=1S/C21H16F5NO4S/c1-30-14-6-3-12(4-7-14)11-27(13-5-8-17(31-2)15(22)9-13)32(28,29)18-10-16(23)19(24)21(26)20(18)25/h3-10H,11H2,1-2H3. The van der Waals surface area contributed by atoms with Crippen molar-refractivity contribution in [1.29, 1.82) is 0 Å². The molecule has 0 aliphatic carbocycles. The van der Waals surface area contributed by atoms with Gasteiger partial charge < -0.3 is 9.47 Å². The summed E-state index contributed by atoms with van der Waals surface area (Å²) in [5, 5.41) is 0. The Balaban J connectivity index is 2.18. The van der Waals surface area contributed by atoms with Gasteiger partial charge in [0.15, 0.2) is 34.8 Å².